The van der Waals surface area contributed by atoms with Gasteiger partial charge in [-0.2, -0.15) is 0 Å². The molecule has 1 aromatic carbocycles. The van der Waals surface area contributed by atoms with Gasteiger partial charge in [0.25, 0.3) is 0 Å². The molecule has 5 heteroatoms. The lowest BCUT2D eigenvalue weighted by Gasteiger charge is -2.17. The summed E-state index contributed by atoms with van der Waals surface area (Å²) in [5.74, 6) is 3.91. The van der Waals surface area contributed by atoms with Gasteiger partial charge in [-0.3, -0.25) is 0 Å². The van der Waals surface area contributed by atoms with Gasteiger partial charge < -0.3 is 24.4 Å². The first-order chi connectivity index (χ1) is 17.1. The zero-order chi connectivity index (χ0) is 24.6. The van der Waals surface area contributed by atoms with Crippen molar-refractivity contribution < 1.29 is 19.4 Å². The van der Waals surface area contributed by atoms with Gasteiger partial charge in [0, 0.05) is 36.7 Å². The Bertz CT molecular complexity index is 1060. The van der Waals surface area contributed by atoms with Crippen molar-refractivity contribution in [3.8, 4) is 11.5 Å². The first kappa shape index (κ1) is 25.4. The number of nitrogens with one attached hydrogen (secondary N) is 1. The van der Waals surface area contributed by atoms with Crippen LogP contribution in [0.4, 0.5) is 0 Å². The fourth-order valence-electron chi connectivity index (χ4n) is 5.30. The quantitative estimate of drug-likeness (QED) is 0.250. The number of ether oxygens (including phenoxy) is 1. The average molecular weight is 480 g/mol. The second-order valence-electron chi connectivity index (χ2n) is 10.1. The molecule has 5 nitrogen and oxygen atoms in total. The van der Waals surface area contributed by atoms with Crippen molar-refractivity contribution in [3.05, 3.63) is 70.4 Å². The highest BCUT2D eigenvalue weighted by Gasteiger charge is 2.23. The number of rotatable bonds is 13. The summed E-state index contributed by atoms with van der Waals surface area (Å²) in [5.41, 5.74) is 4.56. The van der Waals surface area contributed by atoms with Gasteiger partial charge in [-0.25, -0.2) is 0 Å². The number of furan rings is 1. The van der Waals surface area contributed by atoms with Crippen molar-refractivity contribution >= 4 is 0 Å². The smallest absolute Gasteiger partial charge is 0.161 e. The minimum absolute atomic E-state index is 0.0154. The van der Waals surface area contributed by atoms with E-state index in [1.54, 1.807) is 6.07 Å². The fourth-order valence-corrected chi connectivity index (χ4v) is 5.30. The van der Waals surface area contributed by atoms with E-state index in [4.69, 9.17) is 9.15 Å². The van der Waals surface area contributed by atoms with E-state index < -0.39 is 0 Å². The molecule has 2 aromatic heterocycles. The molecule has 0 amide bonds. The highest BCUT2D eigenvalue weighted by atomic mass is 16.5. The Morgan fingerprint density at radius 2 is 1.91 bits per heavy atom. The van der Waals surface area contributed by atoms with Gasteiger partial charge in [0.05, 0.1) is 13.2 Å². The van der Waals surface area contributed by atoms with Crippen LogP contribution in [-0.2, 0) is 32.3 Å². The van der Waals surface area contributed by atoms with E-state index in [1.807, 2.05) is 18.2 Å². The molecule has 0 aliphatic heterocycles. The Labute approximate surface area is 209 Å². The van der Waals surface area contributed by atoms with Gasteiger partial charge in [-0.05, 0) is 72.9 Å². The van der Waals surface area contributed by atoms with Crippen LogP contribution in [0.25, 0.3) is 0 Å². The molecular formula is C30H41NO4. The fraction of sp³-hybridized carbons (Fsp3) is 0.533. The van der Waals surface area contributed by atoms with Gasteiger partial charge in [0.1, 0.15) is 11.5 Å². The molecule has 3 aromatic rings. The molecular weight excluding hydrogens is 438 g/mol. The lowest BCUT2D eigenvalue weighted by molar-refractivity contribution is 0.277. The van der Waals surface area contributed by atoms with Gasteiger partial charge in [-0.15, -0.1) is 0 Å². The molecule has 0 radical (unpaired) electrons. The molecule has 1 atom stereocenters. The summed E-state index contributed by atoms with van der Waals surface area (Å²) in [7, 11) is 0. The van der Waals surface area contributed by atoms with E-state index in [1.165, 1.54) is 36.9 Å². The van der Waals surface area contributed by atoms with Gasteiger partial charge in [0.2, 0.25) is 0 Å². The summed E-state index contributed by atoms with van der Waals surface area (Å²) in [6, 6.07) is 9.81. The third-order valence-corrected chi connectivity index (χ3v) is 7.59. The normalized spacial score (nSPS) is 15.1. The molecule has 190 valence electrons. The van der Waals surface area contributed by atoms with Crippen molar-refractivity contribution in [1.82, 2.24) is 4.98 Å². The molecule has 1 aliphatic carbocycles. The number of hydrogen-bond acceptors (Lipinski definition) is 4. The van der Waals surface area contributed by atoms with Crippen LogP contribution in [0.5, 0.6) is 11.5 Å². The molecule has 0 spiro atoms. The maximum atomic E-state index is 10.3. The summed E-state index contributed by atoms with van der Waals surface area (Å²) in [5, 5.41) is 19.9. The van der Waals surface area contributed by atoms with Crippen LogP contribution in [-0.4, -0.2) is 21.8 Å². The number of phenolic OH excluding ortho intramolecular Hbond substituents is 1. The monoisotopic (exact) mass is 479 g/mol. The topological polar surface area (TPSA) is 78.6 Å². The van der Waals surface area contributed by atoms with Crippen molar-refractivity contribution in [2.75, 3.05) is 6.61 Å². The predicted octanol–water partition coefficient (Wildman–Crippen LogP) is 6.85. The molecule has 2 heterocycles. The third kappa shape index (κ3) is 6.72. The largest absolute Gasteiger partial charge is 0.504 e. The van der Waals surface area contributed by atoms with Crippen LogP contribution in [0.3, 0.4) is 0 Å². The lowest BCUT2D eigenvalue weighted by Crippen LogP contribution is -2.05. The highest BCUT2D eigenvalue weighted by molar-refractivity contribution is 5.42. The number of H-pyrrole nitrogens is 1. The second-order valence-corrected chi connectivity index (χ2v) is 10.1. The van der Waals surface area contributed by atoms with Crippen LogP contribution in [0, 0.1) is 5.92 Å². The van der Waals surface area contributed by atoms with E-state index in [-0.39, 0.29) is 12.4 Å². The Kier molecular flexibility index (Phi) is 8.97. The van der Waals surface area contributed by atoms with E-state index in [9.17, 15) is 10.2 Å². The lowest BCUT2D eigenvalue weighted by atomic mass is 9.88. The number of aryl methyl sites for hydroxylation is 3. The molecule has 3 N–H and O–H groups in total. The summed E-state index contributed by atoms with van der Waals surface area (Å²) < 4.78 is 12.0. The number of benzene rings is 1. The molecule has 0 bridgehead atoms. The number of hydrogen-bond donors (Lipinski definition) is 3. The van der Waals surface area contributed by atoms with Crippen molar-refractivity contribution in [3.63, 3.8) is 0 Å². The van der Waals surface area contributed by atoms with Crippen LogP contribution in [0.1, 0.15) is 92.2 Å². The van der Waals surface area contributed by atoms with Crippen molar-refractivity contribution in [2.24, 2.45) is 5.92 Å². The molecule has 0 unspecified atom stereocenters. The summed E-state index contributed by atoms with van der Waals surface area (Å²) in [6.45, 7) is 5.03. The van der Waals surface area contributed by atoms with E-state index in [2.05, 4.69) is 31.1 Å². The molecule has 1 saturated carbocycles. The van der Waals surface area contributed by atoms with Gasteiger partial charge in [-0.1, -0.05) is 39.2 Å². The van der Waals surface area contributed by atoms with Crippen molar-refractivity contribution in [2.45, 2.75) is 90.6 Å². The SMILES string of the molecule is CCCCc1oc(CCc2ccc(O)c(OCCc3cc([C@H](C)C4CCCC4)c[nH]3)c2)cc1CO. The number of phenols is 1. The highest BCUT2D eigenvalue weighted by Crippen LogP contribution is 2.37. The zero-order valence-corrected chi connectivity index (χ0v) is 21.3. The number of aliphatic hydroxyl groups excluding tert-OH is 1. The van der Waals surface area contributed by atoms with Crippen LogP contribution in [0.15, 0.2) is 40.9 Å². The Balaban J connectivity index is 1.29. The Morgan fingerprint density at radius 3 is 2.69 bits per heavy atom. The number of aromatic amines is 1. The third-order valence-electron chi connectivity index (χ3n) is 7.59. The number of aromatic hydroxyl groups is 1. The first-order valence-electron chi connectivity index (χ1n) is 13.4. The van der Waals surface area contributed by atoms with Gasteiger partial charge in [0.15, 0.2) is 11.5 Å². The summed E-state index contributed by atoms with van der Waals surface area (Å²) in [4.78, 5) is 3.41. The molecule has 35 heavy (non-hydrogen) atoms. The molecule has 0 saturated heterocycles. The Morgan fingerprint density at radius 1 is 1.09 bits per heavy atom. The summed E-state index contributed by atoms with van der Waals surface area (Å²) in [6.07, 6.45) is 12.9. The molecule has 1 aliphatic rings. The first-order valence-corrected chi connectivity index (χ1v) is 13.4. The minimum Gasteiger partial charge on any atom is -0.504 e. The van der Waals surface area contributed by atoms with Crippen LogP contribution >= 0.6 is 0 Å². The number of aromatic nitrogens is 1. The Hall–Kier alpha value is -2.66. The summed E-state index contributed by atoms with van der Waals surface area (Å²) >= 11 is 0. The standard InChI is InChI=1S/C30H41NO4/c1-3-4-9-29-25(20-32)18-27(35-29)12-10-22-11-13-28(33)30(16-22)34-15-14-26-17-24(19-31-26)21(2)23-7-5-6-8-23/h11,13,16-19,21,23,31-33H,3-10,12,14-15,20H2,1-2H3/t21-/m1/s1. The zero-order valence-electron chi connectivity index (χ0n) is 21.3. The number of unbranched alkanes of at least 4 members (excludes halogenated alkanes) is 1. The van der Waals surface area contributed by atoms with E-state index in [0.29, 0.717) is 18.3 Å². The molecule has 1 fully saturated rings. The van der Waals surface area contributed by atoms with Crippen LogP contribution < -0.4 is 4.74 Å². The van der Waals surface area contributed by atoms with Crippen molar-refractivity contribution in [1.29, 1.82) is 0 Å². The predicted molar refractivity (Wildman–Crippen MR) is 139 cm³/mol. The van der Waals surface area contributed by atoms with Gasteiger partial charge >= 0.3 is 0 Å². The van der Waals surface area contributed by atoms with E-state index in [0.717, 1.165) is 67.1 Å². The number of aliphatic hydroxyl groups is 1. The maximum Gasteiger partial charge on any atom is 0.161 e. The molecule has 4 rings (SSSR count). The van der Waals surface area contributed by atoms with Crippen LogP contribution in [0.2, 0.25) is 0 Å². The average Bonchev–Trinajstić information content (AvgIpc) is 3.64. The minimum atomic E-state index is 0.0154. The maximum absolute atomic E-state index is 10.3. The van der Waals surface area contributed by atoms with E-state index >= 15 is 0 Å². The second kappa shape index (κ2) is 12.3.